The maximum atomic E-state index is 6.45. The second-order valence-electron chi connectivity index (χ2n) is 5.40. The number of halogens is 1. The van der Waals surface area contributed by atoms with E-state index in [0.29, 0.717) is 6.04 Å². The lowest BCUT2D eigenvalue weighted by atomic mass is 9.95. The monoisotopic (exact) mass is 366 g/mol. The molecular weight excluding hydrogens is 344 g/mol. The number of nitrogens with two attached hydrogens (primary N) is 1. The van der Waals surface area contributed by atoms with Gasteiger partial charge in [0, 0.05) is 21.4 Å². The van der Waals surface area contributed by atoms with Crippen molar-refractivity contribution in [3.8, 4) is 0 Å². The maximum absolute atomic E-state index is 6.45. The molecule has 0 saturated heterocycles. The molecule has 0 bridgehead atoms. The Balaban J connectivity index is 2.34. The summed E-state index contributed by atoms with van der Waals surface area (Å²) < 4.78 is 1.13. The van der Waals surface area contributed by atoms with Gasteiger partial charge in [0.2, 0.25) is 0 Å². The van der Waals surface area contributed by atoms with Crippen LogP contribution in [0.4, 0.5) is 0 Å². The van der Waals surface area contributed by atoms with Gasteiger partial charge in [-0.15, -0.1) is 11.3 Å². The average molecular weight is 367 g/mol. The Morgan fingerprint density at radius 3 is 2.52 bits per heavy atom. The van der Waals surface area contributed by atoms with Crippen LogP contribution in [0.15, 0.2) is 46.3 Å². The summed E-state index contributed by atoms with van der Waals surface area (Å²) in [6.07, 6.45) is 0.952. The topological polar surface area (TPSA) is 29.3 Å². The van der Waals surface area contributed by atoms with Crippen molar-refractivity contribution in [3.63, 3.8) is 0 Å². The smallest absolute Gasteiger partial charge is 0.0513 e. The number of nitrogens with zero attached hydrogens (tertiary/aromatic N) is 1. The highest BCUT2D eigenvalue weighted by Crippen LogP contribution is 2.36. The van der Waals surface area contributed by atoms with Gasteiger partial charge in [0.05, 0.1) is 6.04 Å². The van der Waals surface area contributed by atoms with Crippen LogP contribution in [0.5, 0.6) is 0 Å². The first kappa shape index (κ1) is 16.7. The van der Waals surface area contributed by atoms with E-state index in [2.05, 4.69) is 77.4 Å². The maximum Gasteiger partial charge on any atom is 0.0513 e. The quantitative estimate of drug-likeness (QED) is 0.780. The summed E-state index contributed by atoms with van der Waals surface area (Å²) in [7, 11) is 2.17. The Morgan fingerprint density at radius 1 is 1.24 bits per heavy atom. The van der Waals surface area contributed by atoms with Crippen molar-refractivity contribution in [2.24, 2.45) is 5.73 Å². The molecule has 4 heteroatoms. The summed E-state index contributed by atoms with van der Waals surface area (Å²) in [5.41, 5.74) is 7.71. The molecule has 114 valence electrons. The third-order valence-electron chi connectivity index (χ3n) is 4.11. The van der Waals surface area contributed by atoms with Crippen LogP contribution >= 0.6 is 27.3 Å². The Morgan fingerprint density at radius 2 is 1.95 bits per heavy atom. The average Bonchev–Trinajstić information content (AvgIpc) is 3.02. The first-order valence-corrected chi connectivity index (χ1v) is 8.98. The predicted molar refractivity (Wildman–Crippen MR) is 95.6 cm³/mol. The second-order valence-corrected chi connectivity index (χ2v) is 7.23. The molecule has 0 spiro atoms. The fourth-order valence-corrected chi connectivity index (χ4v) is 4.01. The zero-order chi connectivity index (χ0) is 15.4. The summed E-state index contributed by atoms with van der Waals surface area (Å²) >= 11 is 5.48. The summed E-state index contributed by atoms with van der Waals surface area (Å²) in [6.45, 7) is 4.40. The Bertz CT molecular complexity index is 556. The molecule has 0 radical (unpaired) electrons. The van der Waals surface area contributed by atoms with E-state index < -0.39 is 0 Å². The number of hydrogen-bond acceptors (Lipinski definition) is 3. The summed E-state index contributed by atoms with van der Waals surface area (Å²) in [6, 6.07) is 13.3. The zero-order valence-corrected chi connectivity index (χ0v) is 15.2. The van der Waals surface area contributed by atoms with Crippen molar-refractivity contribution in [2.75, 3.05) is 7.05 Å². The Kier molecular flexibility index (Phi) is 5.99. The normalized spacial score (nSPS) is 15.9. The third-order valence-corrected chi connectivity index (χ3v) is 5.87. The third kappa shape index (κ3) is 3.75. The van der Waals surface area contributed by atoms with E-state index in [4.69, 9.17) is 5.73 Å². The SMILES string of the molecule is CCC(N)C(c1ccccc1Br)N(C)C(C)c1cccs1. The van der Waals surface area contributed by atoms with Gasteiger partial charge in [-0.3, -0.25) is 4.90 Å². The van der Waals surface area contributed by atoms with Crippen LogP contribution in [-0.4, -0.2) is 18.0 Å². The van der Waals surface area contributed by atoms with Gasteiger partial charge in [-0.05, 0) is 43.5 Å². The van der Waals surface area contributed by atoms with Crippen molar-refractivity contribution in [1.29, 1.82) is 0 Å². The predicted octanol–water partition coefficient (Wildman–Crippen LogP) is 4.98. The second kappa shape index (κ2) is 7.54. The molecule has 2 rings (SSSR count). The molecule has 0 saturated carbocycles. The van der Waals surface area contributed by atoms with E-state index in [1.165, 1.54) is 10.4 Å². The summed E-state index contributed by atoms with van der Waals surface area (Å²) in [5, 5.41) is 2.13. The van der Waals surface area contributed by atoms with Crippen LogP contribution in [0.3, 0.4) is 0 Å². The van der Waals surface area contributed by atoms with Gasteiger partial charge >= 0.3 is 0 Å². The van der Waals surface area contributed by atoms with Crippen molar-refractivity contribution < 1.29 is 0 Å². The molecule has 21 heavy (non-hydrogen) atoms. The van der Waals surface area contributed by atoms with Crippen molar-refractivity contribution in [3.05, 3.63) is 56.7 Å². The highest BCUT2D eigenvalue weighted by molar-refractivity contribution is 9.10. The number of thiophene rings is 1. The van der Waals surface area contributed by atoms with Crippen LogP contribution in [0.25, 0.3) is 0 Å². The lowest BCUT2D eigenvalue weighted by Gasteiger charge is -2.37. The van der Waals surface area contributed by atoms with Gasteiger partial charge in [-0.25, -0.2) is 0 Å². The Labute approximate surface area is 140 Å². The lowest BCUT2D eigenvalue weighted by Crippen LogP contribution is -2.40. The van der Waals surface area contributed by atoms with Crippen LogP contribution < -0.4 is 5.73 Å². The Hall–Kier alpha value is -0.680. The molecule has 0 aliphatic carbocycles. The van der Waals surface area contributed by atoms with Crippen molar-refractivity contribution in [2.45, 2.75) is 38.4 Å². The number of likely N-dealkylation sites (N-methyl/N-ethyl adjacent to an activating group) is 1. The highest BCUT2D eigenvalue weighted by Gasteiger charge is 2.28. The van der Waals surface area contributed by atoms with Gasteiger partial charge in [0.1, 0.15) is 0 Å². The van der Waals surface area contributed by atoms with Gasteiger partial charge in [-0.1, -0.05) is 47.1 Å². The van der Waals surface area contributed by atoms with E-state index >= 15 is 0 Å². The van der Waals surface area contributed by atoms with E-state index in [9.17, 15) is 0 Å². The first-order valence-electron chi connectivity index (χ1n) is 7.31. The molecule has 0 amide bonds. The molecule has 3 unspecified atom stereocenters. The first-order chi connectivity index (χ1) is 10.1. The molecule has 1 aromatic carbocycles. The minimum absolute atomic E-state index is 0.108. The molecule has 0 aliphatic rings. The van der Waals surface area contributed by atoms with E-state index in [0.717, 1.165) is 10.9 Å². The minimum Gasteiger partial charge on any atom is -0.326 e. The van der Waals surface area contributed by atoms with Gasteiger partial charge in [0.25, 0.3) is 0 Å². The van der Waals surface area contributed by atoms with E-state index in [1.807, 2.05) is 6.07 Å². The van der Waals surface area contributed by atoms with Gasteiger partial charge in [-0.2, -0.15) is 0 Å². The number of rotatable bonds is 6. The fourth-order valence-electron chi connectivity index (χ4n) is 2.66. The summed E-state index contributed by atoms with van der Waals surface area (Å²) in [4.78, 5) is 3.76. The van der Waals surface area contributed by atoms with Crippen molar-refractivity contribution in [1.82, 2.24) is 4.90 Å². The van der Waals surface area contributed by atoms with Crippen LogP contribution in [0.2, 0.25) is 0 Å². The molecule has 0 aliphatic heterocycles. The number of hydrogen-bond donors (Lipinski definition) is 1. The highest BCUT2D eigenvalue weighted by atomic mass is 79.9. The number of benzene rings is 1. The van der Waals surface area contributed by atoms with Gasteiger partial charge in [0.15, 0.2) is 0 Å². The molecule has 2 aromatic rings. The zero-order valence-electron chi connectivity index (χ0n) is 12.8. The largest absolute Gasteiger partial charge is 0.326 e. The lowest BCUT2D eigenvalue weighted by molar-refractivity contribution is 0.160. The fraction of sp³-hybridized carbons (Fsp3) is 0.412. The molecule has 2 nitrogen and oxygen atoms in total. The van der Waals surface area contributed by atoms with Crippen LogP contribution in [0.1, 0.15) is 42.8 Å². The molecule has 2 N–H and O–H groups in total. The minimum atomic E-state index is 0.108. The van der Waals surface area contributed by atoms with E-state index in [1.54, 1.807) is 11.3 Å². The van der Waals surface area contributed by atoms with E-state index in [-0.39, 0.29) is 12.1 Å². The molecular formula is C17H23BrN2S. The molecule has 1 heterocycles. The van der Waals surface area contributed by atoms with Crippen molar-refractivity contribution >= 4 is 27.3 Å². The molecule has 0 fully saturated rings. The van der Waals surface area contributed by atoms with Crippen LogP contribution in [0, 0.1) is 0 Å². The molecule has 3 atom stereocenters. The van der Waals surface area contributed by atoms with Crippen LogP contribution in [-0.2, 0) is 0 Å². The molecule has 1 aromatic heterocycles. The standard InChI is InChI=1S/C17H23BrN2S/c1-4-15(19)17(13-8-5-6-9-14(13)18)20(3)12(2)16-10-7-11-21-16/h5-12,15,17H,4,19H2,1-3H3. The summed E-state index contributed by atoms with van der Waals surface area (Å²) in [5.74, 6) is 0. The van der Waals surface area contributed by atoms with Gasteiger partial charge < -0.3 is 5.73 Å².